The van der Waals surface area contributed by atoms with Crippen molar-refractivity contribution >= 4 is 35.2 Å². The minimum atomic E-state index is -4.71. The minimum absolute atomic E-state index is 0.0226. The van der Waals surface area contributed by atoms with Crippen molar-refractivity contribution in [3.8, 4) is 0 Å². The first-order valence-electron chi connectivity index (χ1n) is 13.6. The van der Waals surface area contributed by atoms with Gasteiger partial charge in [-0.15, -0.1) is 0 Å². The van der Waals surface area contributed by atoms with Crippen LogP contribution in [0.3, 0.4) is 0 Å². The number of hydrogen-bond acceptors (Lipinski definition) is 4. The standard InChI is InChI=1S/C29H35ClF3N3O5/c1-18(37)25(15-19-5-3-2-4-6-19)36(28(41)35-22-11-12-24(30)23(16-22)29(31,32)33)17-20-7-9-21(10-8-20)27(40)34-14-13-26(38)39/h7-12,16,18-19,25,37H,2-6,13-15,17H2,1H3,(H,34,40)(H,35,41)(H,38,39). The van der Waals surface area contributed by atoms with Crippen molar-refractivity contribution in [2.75, 3.05) is 11.9 Å². The first-order chi connectivity index (χ1) is 19.3. The van der Waals surface area contributed by atoms with Gasteiger partial charge in [0.25, 0.3) is 5.91 Å². The van der Waals surface area contributed by atoms with E-state index in [0.717, 1.165) is 44.2 Å². The molecule has 0 bridgehead atoms. The van der Waals surface area contributed by atoms with Gasteiger partial charge in [-0.2, -0.15) is 13.2 Å². The first kappa shape index (κ1) is 32.2. The monoisotopic (exact) mass is 597 g/mol. The highest BCUT2D eigenvalue weighted by Crippen LogP contribution is 2.36. The van der Waals surface area contributed by atoms with Gasteiger partial charge in [0.15, 0.2) is 0 Å². The van der Waals surface area contributed by atoms with Crippen molar-refractivity contribution in [2.45, 2.75) is 76.7 Å². The van der Waals surface area contributed by atoms with Gasteiger partial charge in [0, 0.05) is 24.3 Å². The molecule has 0 saturated heterocycles. The molecule has 41 heavy (non-hydrogen) atoms. The summed E-state index contributed by atoms with van der Waals surface area (Å²) >= 11 is 5.73. The van der Waals surface area contributed by atoms with Crippen LogP contribution in [0.25, 0.3) is 0 Å². The highest BCUT2D eigenvalue weighted by atomic mass is 35.5. The molecule has 12 heteroatoms. The molecule has 2 atom stereocenters. The molecule has 1 saturated carbocycles. The molecule has 0 aromatic heterocycles. The Morgan fingerprint density at radius 1 is 1.07 bits per heavy atom. The van der Waals surface area contributed by atoms with E-state index >= 15 is 0 Å². The molecule has 3 amide bonds. The number of nitrogens with one attached hydrogen (secondary N) is 2. The number of aliphatic hydroxyl groups excluding tert-OH is 1. The number of halogens is 4. The summed E-state index contributed by atoms with van der Waals surface area (Å²) in [6.45, 7) is 1.58. The lowest BCUT2D eigenvalue weighted by atomic mass is 9.83. The Balaban J connectivity index is 1.84. The third-order valence-corrected chi connectivity index (χ3v) is 7.56. The molecule has 0 spiro atoms. The molecule has 1 aliphatic carbocycles. The van der Waals surface area contributed by atoms with Crippen LogP contribution in [0.15, 0.2) is 42.5 Å². The van der Waals surface area contributed by atoms with Crippen LogP contribution in [0, 0.1) is 5.92 Å². The van der Waals surface area contributed by atoms with Crippen molar-refractivity contribution < 1.29 is 37.8 Å². The average Bonchev–Trinajstić information content (AvgIpc) is 2.91. The molecule has 2 aromatic carbocycles. The van der Waals surface area contributed by atoms with E-state index in [1.54, 1.807) is 19.1 Å². The fourth-order valence-electron chi connectivity index (χ4n) is 5.05. The Morgan fingerprint density at radius 3 is 2.32 bits per heavy atom. The van der Waals surface area contributed by atoms with Gasteiger partial charge in [-0.3, -0.25) is 9.59 Å². The number of hydrogen-bond donors (Lipinski definition) is 4. The number of carboxylic acid groups (broad SMARTS) is 1. The van der Waals surface area contributed by atoms with Crippen molar-refractivity contribution in [3.05, 3.63) is 64.2 Å². The summed E-state index contributed by atoms with van der Waals surface area (Å²) in [7, 11) is 0. The fraction of sp³-hybridized carbons (Fsp3) is 0.483. The third kappa shape index (κ3) is 9.64. The molecule has 3 rings (SSSR count). The van der Waals surface area contributed by atoms with E-state index in [4.69, 9.17) is 16.7 Å². The topological polar surface area (TPSA) is 119 Å². The van der Waals surface area contributed by atoms with E-state index in [9.17, 15) is 32.7 Å². The summed E-state index contributed by atoms with van der Waals surface area (Å²) in [5.41, 5.74) is -0.240. The van der Waals surface area contributed by atoms with Gasteiger partial charge in [0.05, 0.1) is 29.2 Å². The zero-order chi connectivity index (χ0) is 30.2. The Labute approximate surface area is 241 Å². The van der Waals surface area contributed by atoms with Crippen LogP contribution in [-0.4, -0.2) is 51.7 Å². The number of nitrogens with zero attached hydrogens (tertiary/aromatic N) is 1. The van der Waals surface area contributed by atoms with Gasteiger partial charge in [-0.25, -0.2) is 4.79 Å². The normalized spacial score (nSPS) is 15.6. The maximum Gasteiger partial charge on any atom is 0.417 e. The second kappa shape index (κ2) is 14.5. The van der Waals surface area contributed by atoms with E-state index in [-0.39, 0.29) is 25.2 Å². The maximum absolute atomic E-state index is 13.6. The highest BCUT2D eigenvalue weighted by Gasteiger charge is 2.34. The zero-order valence-electron chi connectivity index (χ0n) is 22.7. The molecule has 2 unspecified atom stereocenters. The SMILES string of the molecule is CC(O)C(CC1CCCCC1)N(Cc1ccc(C(=O)NCCC(=O)O)cc1)C(=O)Nc1ccc(Cl)c(C(F)(F)F)c1. The average molecular weight is 598 g/mol. The number of rotatable bonds is 11. The first-order valence-corrected chi connectivity index (χ1v) is 13.9. The molecular weight excluding hydrogens is 563 g/mol. The van der Waals surface area contributed by atoms with E-state index in [0.29, 0.717) is 23.5 Å². The van der Waals surface area contributed by atoms with Crippen LogP contribution in [0.1, 0.15) is 73.4 Å². The number of aliphatic carboxylic acids is 1. The number of carbonyl (C=O) groups excluding carboxylic acids is 2. The Hall–Kier alpha value is -3.31. The van der Waals surface area contributed by atoms with Crippen molar-refractivity contribution in [2.24, 2.45) is 5.92 Å². The molecule has 0 heterocycles. The second-order valence-electron chi connectivity index (χ2n) is 10.4. The Bertz CT molecular complexity index is 1200. The van der Waals surface area contributed by atoms with Crippen molar-refractivity contribution in [1.29, 1.82) is 0 Å². The number of carboxylic acids is 1. The highest BCUT2D eigenvalue weighted by molar-refractivity contribution is 6.31. The van der Waals surface area contributed by atoms with Gasteiger partial charge in [-0.1, -0.05) is 55.8 Å². The van der Waals surface area contributed by atoms with Crippen LogP contribution < -0.4 is 10.6 Å². The smallest absolute Gasteiger partial charge is 0.417 e. The fourth-order valence-corrected chi connectivity index (χ4v) is 5.27. The summed E-state index contributed by atoms with van der Waals surface area (Å²) in [5.74, 6) is -1.19. The van der Waals surface area contributed by atoms with Gasteiger partial charge >= 0.3 is 18.2 Å². The van der Waals surface area contributed by atoms with E-state index in [1.165, 1.54) is 23.1 Å². The van der Waals surface area contributed by atoms with Crippen LogP contribution >= 0.6 is 11.6 Å². The van der Waals surface area contributed by atoms with Gasteiger partial charge < -0.3 is 25.7 Å². The van der Waals surface area contributed by atoms with Crippen molar-refractivity contribution in [1.82, 2.24) is 10.2 Å². The van der Waals surface area contributed by atoms with Gasteiger partial charge in [0.1, 0.15) is 0 Å². The quantitative estimate of drug-likeness (QED) is 0.242. The second-order valence-corrected chi connectivity index (χ2v) is 10.8. The maximum atomic E-state index is 13.6. The molecule has 1 fully saturated rings. The lowest BCUT2D eigenvalue weighted by Crippen LogP contribution is -2.48. The molecule has 0 radical (unpaired) electrons. The summed E-state index contributed by atoms with van der Waals surface area (Å²) in [4.78, 5) is 38.0. The van der Waals surface area contributed by atoms with Gasteiger partial charge in [0.2, 0.25) is 0 Å². The van der Waals surface area contributed by atoms with Crippen molar-refractivity contribution in [3.63, 3.8) is 0 Å². The number of amides is 3. The zero-order valence-corrected chi connectivity index (χ0v) is 23.5. The molecule has 4 N–H and O–H groups in total. The summed E-state index contributed by atoms with van der Waals surface area (Å²) in [6.07, 6.45) is -0.117. The number of aliphatic hydroxyl groups is 1. The van der Waals surface area contributed by atoms with Crippen LogP contribution in [-0.2, 0) is 17.5 Å². The number of alkyl halides is 3. The largest absolute Gasteiger partial charge is 0.481 e. The minimum Gasteiger partial charge on any atom is -0.481 e. The summed E-state index contributed by atoms with van der Waals surface area (Å²) in [5, 5.41) is 24.1. The molecule has 224 valence electrons. The molecule has 1 aliphatic rings. The van der Waals surface area contributed by atoms with E-state index in [1.807, 2.05) is 0 Å². The van der Waals surface area contributed by atoms with Gasteiger partial charge in [-0.05, 0) is 55.2 Å². The lowest BCUT2D eigenvalue weighted by molar-refractivity contribution is -0.138. The predicted octanol–water partition coefficient (Wildman–Crippen LogP) is 6.32. The lowest BCUT2D eigenvalue weighted by Gasteiger charge is -2.37. The number of anilines is 1. The van der Waals surface area contributed by atoms with Crippen LogP contribution in [0.2, 0.25) is 5.02 Å². The number of benzene rings is 2. The summed E-state index contributed by atoms with van der Waals surface area (Å²) < 4.78 is 40.2. The Kier molecular flexibility index (Phi) is 11.4. The van der Waals surface area contributed by atoms with E-state index in [2.05, 4.69) is 10.6 Å². The third-order valence-electron chi connectivity index (χ3n) is 7.23. The van der Waals surface area contributed by atoms with Crippen LogP contribution in [0.4, 0.5) is 23.7 Å². The molecule has 0 aliphatic heterocycles. The number of carbonyl (C=O) groups is 3. The molecule has 8 nitrogen and oxygen atoms in total. The summed E-state index contributed by atoms with van der Waals surface area (Å²) in [6, 6.07) is 8.16. The van der Waals surface area contributed by atoms with E-state index < -0.39 is 46.8 Å². The predicted molar refractivity (Wildman–Crippen MR) is 149 cm³/mol. The molecule has 2 aromatic rings. The number of urea groups is 1. The van der Waals surface area contributed by atoms with Crippen LogP contribution in [0.5, 0.6) is 0 Å². The Morgan fingerprint density at radius 2 is 1.73 bits per heavy atom. The molecular formula is C29H35ClF3N3O5.